The SMILES string of the molecule is CCCC/C=C/CCCCCCCCCc1cccc(OCC(O)CC(C)(C)Oc2ccc(C(C)(C)c3ccc(C(C)(CC)OCC(O)COc4ccccc4)cc3)cc2)c1. The van der Waals surface area contributed by atoms with E-state index in [1.54, 1.807) is 0 Å². The molecule has 61 heavy (non-hydrogen) atoms. The Morgan fingerprint density at radius 2 is 1.10 bits per heavy atom. The third kappa shape index (κ3) is 17.7. The van der Waals surface area contributed by atoms with Crippen molar-refractivity contribution in [2.24, 2.45) is 0 Å². The second-order valence-corrected chi connectivity index (χ2v) is 18.2. The van der Waals surface area contributed by atoms with Crippen LogP contribution in [0.2, 0.25) is 0 Å². The fourth-order valence-corrected chi connectivity index (χ4v) is 7.78. The van der Waals surface area contributed by atoms with Gasteiger partial charge >= 0.3 is 0 Å². The second kappa shape index (κ2) is 25.7. The van der Waals surface area contributed by atoms with Gasteiger partial charge in [-0.05, 0) is 118 Å². The number of aliphatic hydroxyl groups excluding tert-OH is 2. The molecule has 0 aromatic heterocycles. The van der Waals surface area contributed by atoms with Crippen LogP contribution in [0, 0.1) is 0 Å². The van der Waals surface area contributed by atoms with Crippen molar-refractivity contribution >= 4 is 0 Å². The Morgan fingerprint density at radius 3 is 1.75 bits per heavy atom. The van der Waals surface area contributed by atoms with E-state index in [4.69, 9.17) is 18.9 Å². The Hall–Kier alpha value is -4.10. The van der Waals surface area contributed by atoms with Gasteiger partial charge < -0.3 is 29.2 Å². The van der Waals surface area contributed by atoms with E-state index in [0.717, 1.165) is 35.7 Å². The van der Waals surface area contributed by atoms with Crippen LogP contribution in [0.4, 0.5) is 0 Å². The smallest absolute Gasteiger partial charge is 0.120 e. The largest absolute Gasteiger partial charge is 0.491 e. The fraction of sp³-hybridized carbons (Fsp3) is 0.527. The maximum atomic E-state index is 11.0. The molecule has 334 valence electrons. The molecule has 0 spiro atoms. The minimum Gasteiger partial charge on any atom is -0.491 e. The monoisotopic (exact) mass is 835 g/mol. The fourth-order valence-electron chi connectivity index (χ4n) is 7.78. The Labute approximate surface area is 369 Å². The van der Waals surface area contributed by atoms with Crippen LogP contribution in [0.15, 0.2) is 115 Å². The molecule has 3 unspecified atom stereocenters. The number of rotatable bonds is 30. The summed E-state index contributed by atoms with van der Waals surface area (Å²) in [5.41, 5.74) is 3.32. The van der Waals surface area contributed by atoms with E-state index in [2.05, 4.69) is 101 Å². The van der Waals surface area contributed by atoms with Crippen LogP contribution in [0.25, 0.3) is 0 Å². The van der Waals surface area contributed by atoms with Crippen LogP contribution in [0.5, 0.6) is 17.2 Å². The standard InChI is InChI=1S/C55H78O6/c1-8-10-11-12-13-14-15-16-17-18-19-20-22-26-44-27-25-30-52(39-44)59-41-48(56)40-53(3,4)61-51-37-35-46(36-38-51)54(5,6)45-31-33-47(34-32-45)55(7,9-2)60-43-49(57)42-58-50-28-23-21-24-29-50/h12-13,21,23-25,27-39,48-49,56-57H,8-11,14-20,22,26,40-43H2,1-7H3/b13-12+. The first kappa shape index (κ1) is 49.6. The number of hydrogen-bond donors (Lipinski definition) is 2. The molecule has 0 radical (unpaired) electrons. The molecule has 0 saturated heterocycles. The molecule has 0 saturated carbocycles. The predicted octanol–water partition coefficient (Wildman–Crippen LogP) is 13.5. The Kier molecular flexibility index (Phi) is 20.9. The van der Waals surface area contributed by atoms with Crippen molar-refractivity contribution in [3.05, 3.63) is 138 Å². The van der Waals surface area contributed by atoms with Gasteiger partial charge in [-0.15, -0.1) is 0 Å². The summed E-state index contributed by atoms with van der Waals surface area (Å²) in [4.78, 5) is 0. The first-order valence-corrected chi connectivity index (χ1v) is 23.3. The van der Waals surface area contributed by atoms with Gasteiger partial charge in [0.15, 0.2) is 0 Å². The molecule has 4 aromatic rings. The number of para-hydroxylation sites is 1. The van der Waals surface area contributed by atoms with E-state index < -0.39 is 23.4 Å². The van der Waals surface area contributed by atoms with Gasteiger partial charge in [0.1, 0.15) is 42.2 Å². The molecular formula is C55H78O6. The van der Waals surface area contributed by atoms with Gasteiger partial charge in [-0.3, -0.25) is 0 Å². The number of aryl methyl sites for hydroxylation is 1. The van der Waals surface area contributed by atoms with E-state index in [1.807, 2.05) is 62.4 Å². The molecule has 0 bridgehead atoms. The van der Waals surface area contributed by atoms with Gasteiger partial charge in [-0.25, -0.2) is 0 Å². The Morgan fingerprint density at radius 1 is 0.541 bits per heavy atom. The van der Waals surface area contributed by atoms with Gasteiger partial charge in [-0.2, -0.15) is 0 Å². The van der Waals surface area contributed by atoms with Crippen LogP contribution in [0.1, 0.15) is 154 Å². The van der Waals surface area contributed by atoms with Gasteiger partial charge in [0.2, 0.25) is 0 Å². The molecular weight excluding hydrogens is 757 g/mol. The minimum atomic E-state index is -0.739. The summed E-state index contributed by atoms with van der Waals surface area (Å²) in [6.45, 7) is 15.5. The number of hydrogen-bond acceptors (Lipinski definition) is 6. The predicted molar refractivity (Wildman–Crippen MR) is 253 cm³/mol. The van der Waals surface area contributed by atoms with Gasteiger partial charge in [-0.1, -0.05) is 152 Å². The zero-order chi connectivity index (χ0) is 44.0. The van der Waals surface area contributed by atoms with Crippen molar-refractivity contribution in [1.82, 2.24) is 0 Å². The second-order valence-electron chi connectivity index (χ2n) is 18.2. The lowest BCUT2D eigenvalue weighted by atomic mass is 9.77. The lowest BCUT2D eigenvalue weighted by Gasteiger charge is -2.32. The lowest BCUT2D eigenvalue weighted by Crippen LogP contribution is -2.35. The summed E-state index contributed by atoms with van der Waals surface area (Å²) in [6.07, 6.45) is 19.7. The summed E-state index contributed by atoms with van der Waals surface area (Å²) < 4.78 is 24.5. The maximum absolute atomic E-state index is 11.0. The third-order valence-electron chi connectivity index (χ3n) is 11.9. The zero-order valence-corrected chi connectivity index (χ0v) is 38.7. The first-order valence-electron chi connectivity index (χ1n) is 23.3. The van der Waals surface area contributed by atoms with E-state index in [-0.39, 0.29) is 25.2 Å². The number of benzene rings is 4. The molecule has 0 heterocycles. The highest BCUT2D eigenvalue weighted by Crippen LogP contribution is 2.36. The average Bonchev–Trinajstić information content (AvgIpc) is 3.26. The normalized spacial score (nSPS) is 14.1. The molecule has 6 heteroatoms. The molecule has 6 nitrogen and oxygen atoms in total. The summed E-state index contributed by atoms with van der Waals surface area (Å²) >= 11 is 0. The van der Waals surface area contributed by atoms with Crippen molar-refractivity contribution in [2.45, 2.75) is 167 Å². The molecule has 2 N–H and O–H groups in total. The highest BCUT2D eigenvalue weighted by molar-refractivity contribution is 5.42. The van der Waals surface area contributed by atoms with Crippen LogP contribution in [-0.4, -0.2) is 47.8 Å². The molecule has 3 atom stereocenters. The minimum absolute atomic E-state index is 0.170. The molecule has 4 rings (SSSR count). The van der Waals surface area contributed by atoms with Crippen molar-refractivity contribution in [1.29, 1.82) is 0 Å². The zero-order valence-electron chi connectivity index (χ0n) is 38.7. The molecule has 0 aliphatic rings. The van der Waals surface area contributed by atoms with E-state index >= 15 is 0 Å². The van der Waals surface area contributed by atoms with Crippen molar-refractivity contribution in [3.8, 4) is 17.2 Å². The van der Waals surface area contributed by atoms with E-state index in [9.17, 15) is 10.2 Å². The van der Waals surface area contributed by atoms with Crippen LogP contribution < -0.4 is 14.2 Å². The van der Waals surface area contributed by atoms with E-state index in [0.29, 0.717) is 6.42 Å². The lowest BCUT2D eigenvalue weighted by molar-refractivity contribution is -0.0836. The molecule has 0 amide bonds. The summed E-state index contributed by atoms with van der Waals surface area (Å²) in [6, 6.07) is 34.7. The third-order valence-corrected chi connectivity index (χ3v) is 11.9. The Bertz CT molecular complexity index is 1800. The molecule has 4 aromatic carbocycles. The van der Waals surface area contributed by atoms with Crippen molar-refractivity contribution < 1.29 is 29.2 Å². The maximum Gasteiger partial charge on any atom is 0.120 e. The highest BCUT2D eigenvalue weighted by Gasteiger charge is 2.30. The van der Waals surface area contributed by atoms with Crippen molar-refractivity contribution in [2.75, 3.05) is 19.8 Å². The van der Waals surface area contributed by atoms with Crippen LogP contribution in [0.3, 0.4) is 0 Å². The molecule has 0 aliphatic heterocycles. The number of ether oxygens (including phenoxy) is 4. The Balaban J connectivity index is 1.17. The van der Waals surface area contributed by atoms with Crippen LogP contribution in [-0.2, 0) is 22.2 Å². The van der Waals surface area contributed by atoms with E-state index in [1.165, 1.54) is 87.3 Å². The quantitative estimate of drug-likeness (QED) is 0.0402. The highest BCUT2D eigenvalue weighted by atomic mass is 16.5. The van der Waals surface area contributed by atoms with Gasteiger partial charge in [0, 0.05) is 11.8 Å². The number of allylic oxidation sites excluding steroid dienone is 2. The number of unbranched alkanes of at least 4 members (excludes halogenated alkanes) is 9. The van der Waals surface area contributed by atoms with Gasteiger partial charge in [0.25, 0.3) is 0 Å². The number of aliphatic hydroxyl groups is 2. The van der Waals surface area contributed by atoms with Crippen LogP contribution >= 0.6 is 0 Å². The first-order chi connectivity index (χ1) is 29.3. The topological polar surface area (TPSA) is 77.4 Å². The van der Waals surface area contributed by atoms with Gasteiger partial charge in [0.05, 0.1) is 18.3 Å². The molecule has 0 fully saturated rings. The van der Waals surface area contributed by atoms with Crippen molar-refractivity contribution in [3.63, 3.8) is 0 Å². The summed E-state index contributed by atoms with van der Waals surface area (Å²) in [5, 5.41) is 21.5. The average molecular weight is 835 g/mol. The summed E-state index contributed by atoms with van der Waals surface area (Å²) in [7, 11) is 0. The summed E-state index contributed by atoms with van der Waals surface area (Å²) in [5.74, 6) is 2.30. The molecule has 0 aliphatic carbocycles.